The Morgan fingerprint density at radius 3 is 2.61 bits per heavy atom. The van der Waals surface area contributed by atoms with Crippen LogP contribution in [0.1, 0.15) is 12.0 Å². The number of aromatic nitrogens is 4. The number of hydrogen-bond donors (Lipinski definition) is 2. The minimum atomic E-state index is -3.50. The van der Waals surface area contributed by atoms with Gasteiger partial charge < -0.3 is 20.2 Å². The fraction of sp³-hybridized carbons (Fsp3) is 0.280. The zero-order valence-electron chi connectivity index (χ0n) is 20.1. The first-order chi connectivity index (χ1) is 18.4. The molecule has 3 N–H and O–H groups in total. The van der Waals surface area contributed by atoms with Crippen LogP contribution in [0.3, 0.4) is 0 Å². The molecule has 4 aromatic rings. The Morgan fingerprint density at radius 2 is 1.89 bits per heavy atom. The van der Waals surface area contributed by atoms with Gasteiger partial charge in [-0.1, -0.05) is 18.2 Å². The third kappa shape index (κ3) is 5.26. The molecule has 0 saturated carbocycles. The summed E-state index contributed by atoms with van der Waals surface area (Å²) in [6.07, 6.45) is 1.91. The van der Waals surface area contributed by atoms with Gasteiger partial charge in [-0.2, -0.15) is 0 Å². The lowest BCUT2D eigenvalue weighted by Gasteiger charge is -2.10. The van der Waals surface area contributed by atoms with Crippen molar-refractivity contribution in [3.8, 4) is 34.3 Å². The highest BCUT2D eigenvalue weighted by Gasteiger charge is 2.31. The van der Waals surface area contributed by atoms with Crippen molar-refractivity contribution in [1.82, 2.24) is 25.5 Å². The maximum Gasteiger partial charge on any atom is 0.270 e. The van der Waals surface area contributed by atoms with E-state index in [1.54, 1.807) is 18.2 Å². The molecule has 1 saturated heterocycles. The monoisotopic (exact) mass is 542 g/mol. The minimum absolute atomic E-state index is 0.0270. The van der Waals surface area contributed by atoms with Crippen molar-refractivity contribution in [3.05, 3.63) is 60.0 Å². The van der Waals surface area contributed by atoms with Gasteiger partial charge in [-0.25, -0.2) is 27.2 Å². The average molecular weight is 543 g/mol. The van der Waals surface area contributed by atoms with Crippen LogP contribution in [0.4, 0.5) is 14.6 Å². The second-order valence-corrected chi connectivity index (χ2v) is 10.9. The Kier molecular flexibility index (Phi) is 7.40. The van der Waals surface area contributed by atoms with E-state index >= 15 is 0 Å². The lowest BCUT2D eigenvalue weighted by Crippen LogP contribution is -2.21. The molecule has 0 aliphatic carbocycles. The smallest absolute Gasteiger partial charge is 0.270 e. The van der Waals surface area contributed by atoms with E-state index in [-0.39, 0.29) is 46.9 Å². The van der Waals surface area contributed by atoms with Gasteiger partial charge in [-0.3, -0.25) is 0 Å². The summed E-state index contributed by atoms with van der Waals surface area (Å²) in [7, 11) is -3.50. The van der Waals surface area contributed by atoms with Crippen molar-refractivity contribution in [2.24, 2.45) is 0 Å². The number of halogens is 2. The summed E-state index contributed by atoms with van der Waals surface area (Å²) in [4.78, 5) is 8.84. The molecule has 1 aliphatic rings. The van der Waals surface area contributed by atoms with Crippen molar-refractivity contribution in [2.45, 2.75) is 23.1 Å². The fourth-order valence-electron chi connectivity index (χ4n) is 4.03. The molecule has 2 aromatic heterocycles. The summed E-state index contributed by atoms with van der Waals surface area (Å²) in [5, 5.41) is 10.2. The summed E-state index contributed by atoms with van der Waals surface area (Å²) in [5.74, 6) is -0.677. The second-order valence-electron chi connectivity index (χ2n) is 8.64. The standard InChI is InChI=1S/C25H24F2N6O4S/c26-8-9-29-12-15-1-6-19(20(27)11-15)24-32-33-25(37-24)22-23(28)30-13-21(31-22)16-2-4-17(5-3-16)38(34,35)18-7-10-36-14-18/h1-6,11,13,18,29H,7-10,12,14H2,(H2,28,30)/t18-/m1/s1. The van der Waals surface area contributed by atoms with Crippen molar-refractivity contribution in [3.63, 3.8) is 0 Å². The molecule has 13 heteroatoms. The van der Waals surface area contributed by atoms with Crippen molar-refractivity contribution < 1.29 is 26.4 Å². The number of nitrogens with one attached hydrogen (secondary N) is 1. The Bertz CT molecular complexity index is 1540. The average Bonchev–Trinajstić information content (AvgIpc) is 3.63. The summed E-state index contributed by atoms with van der Waals surface area (Å²) in [5.41, 5.74) is 7.84. The Balaban J connectivity index is 1.38. The predicted octanol–water partition coefficient (Wildman–Crippen LogP) is 3.20. The van der Waals surface area contributed by atoms with Crippen LogP contribution >= 0.6 is 0 Å². The van der Waals surface area contributed by atoms with E-state index in [1.807, 2.05) is 0 Å². The van der Waals surface area contributed by atoms with E-state index in [4.69, 9.17) is 14.9 Å². The largest absolute Gasteiger partial charge is 0.414 e. The molecular formula is C25H24F2N6O4S. The van der Waals surface area contributed by atoms with Crippen LogP contribution in [0, 0.1) is 5.82 Å². The number of sulfone groups is 1. The highest BCUT2D eigenvalue weighted by atomic mass is 32.2. The van der Waals surface area contributed by atoms with Crippen molar-refractivity contribution >= 4 is 15.7 Å². The fourth-order valence-corrected chi connectivity index (χ4v) is 5.61. The van der Waals surface area contributed by atoms with E-state index in [2.05, 4.69) is 25.5 Å². The molecule has 10 nitrogen and oxygen atoms in total. The number of benzene rings is 2. The number of nitrogen functional groups attached to an aromatic ring is 1. The van der Waals surface area contributed by atoms with Crippen LogP contribution in [-0.4, -0.2) is 60.3 Å². The number of hydrogen-bond acceptors (Lipinski definition) is 10. The first kappa shape index (κ1) is 25.8. The molecule has 3 heterocycles. The molecule has 0 amide bonds. The normalized spacial score (nSPS) is 15.7. The zero-order valence-corrected chi connectivity index (χ0v) is 20.9. The van der Waals surface area contributed by atoms with E-state index in [0.717, 1.165) is 0 Å². The van der Waals surface area contributed by atoms with Crippen LogP contribution in [0.5, 0.6) is 0 Å². The number of nitrogens with two attached hydrogens (primary N) is 1. The summed E-state index contributed by atoms with van der Waals surface area (Å²) in [6.45, 7) is 0.602. The summed E-state index contributed by atoms with van der Waals surface area (Å²) < 4.78 is 63.4. The number of nitrogens with zero attached hydrogens (tertiary/aromatic N) is 4. The molecule has 38 heavy (non-hydrogen) atoms. The highest BCUT2D eigenvalue weighted by Crippen LogP contribution is 2.30. The molecule has 0 spiro atoms. The zero-order chi connectivity index (χ0) is 26.7. The van der Waals surface area contributed by atoms with Gasteiger partial charge in [-0.05, 0) is 36.2 Å². The van der Waals surface area contributed by atoms with Crippen LogP contribution in [0.15, 0.2) is 58.0 Å². The third-order valence-corrected chi connectivity index (χ3v) is 8.28. The highest BCUT2D eigenvalue weighted by molar-refractivity contribution is 7.92. The van der Waals surface area contributed by atoms with Gasteiger partial charge in [0.15, 0.2) is 21.3 Å². The minimum Gasteiger partial charge on any atom is -0.414 e. The molecule has 0 bridgehead atoms. The maximum atomic E-state index is 14.7. The van der Waals surface area contributed by atoms with Crippen molar-refractivity contribution in [1.29, 1.82) is 0 Å². The van der Waals surface area contributed by atoms with Crippen LogP contribution in [0.25, 0.3) is 34.3 Å². The summed E-state index contributed by atoms with van der Waals surface area (Å²) in [6, 6.07) is 10.8. The molecule has 1 atom stereocenters. The van der Waals surface area contributed by atoms with Gasteiger partial charge in [0, 0.05) is 25.3 Å². The third-order valence-electron chi connectivity index (χ3n) is 6.10. The Morgan fingerprint density at radius 1 is 1.11 bits per heavy atom. The molecule has 0 radical (unpaired) electrons. The summed E-state index contributed by atoms with van der Waals surface area (Å²) >= 11 is 0. The van der Waals surface area contributed by atoms with E-state index in [0.29, 0.717) is 36.4 Å². The lowest BCUT2D eigenvalue weighted by molar-refractivity contribution is 0.198. The van der Waals surface area contributed by atoms with Gasteiger partial charge in [-0.15, -0.1) is 10.2 Å². The van der Waals surface area contributed by atoms with E-state index in [9.17, 15) is 17.2 Å². The number of rotatable bonds is 9. The van der Waals surface area contributed by atoms with Gasteiger partial charge in [0.1, 0.15) is 12.5 Å². The van der Waals surface area contributed by atoms with Crippen molar-refractivity contribution in [2.75, 3.05) is 32.2 Å². The second kappa shape index (κ2) is 10.9. The number of ether oxygens (including phenoxy) is 1. The first-order valence-corrected chi connectivity index (χ1v) is 13.4. The number of alkyl halides is 1. The Hall–Kier alpha value is -3.81. The van der Waals surface area contributed by atoms with E-state index in [1.165, 1.54) is 30.5 Å². The molecule has 1 aliphatic heterocycles. The first-order valence-electron chi connectivity index (χ1n) is 11.8. The number of anilines is 1. The maximum absolute atomic E-state index is 14.7. The Labute approximate surface area is 217 Å². The van der Waals surface area contributed by atoms with Gasteiger partial charge in [0.2, 0.25) is 0 Å². The van der Waals surface area contributed by atoms with E-state index < -0.39 is 27.6 Å². The topological polar surface area (TPSA) is 146 Å². The molecular weight excluding hydrogens is 518 g/mol. The van der Waals surface area contributed by atoms with Crippen LogP contribution in [0.2, 0.25) is 0 Å². The quantitative estimate of drug-likeness (QED) is 0.302. The molecule has 198 valence electrons. The van der Waals surface area contributed by atoms with Gasteiger partial charge >= 0.3 is 0 Å². The van der Waals surface area contributed by atoms with Gasteiger partial charge in [0.25, 0.3) is 11.8 Å². The van der Waals surface area contributed by atoms with Crippen LogP contribution < -0.4 is 11.1 Å². The molecule has 1 fully saturated rings. The molecule has 5 rings (SSSR count). The SMILES string of the molecule is Nc1ncc(-c2ccc(S(=O)(=O)[C@@H]3CCOC3)cc2)nc1-c1nnc(-c2ccc(CNCCF)cc2F)o1. The van der Waals surface area contributed by atoms with Gasteiger partial charge in [0.05, 0.1) is 34.2 Å². The lowest BCUT2D eigenvalue weighted by atomic mass is 10.1. The molecule has 0 unspecified atom stereocenters. The molecule has 2 aromatic carbocycles. The predicted molar refractivity (Wildman–Crippen MR) is 135 cm³/mol. The van der Waals surface area contributed by atoms with Crippen LogP contribution in [-0.2, 0) is 21.1 Å².